The highest BCUT2D eigenvalue weighted by Crippen LogP contribution is 2.23. The molecular formula is C12H16N2O6S2. The van der Waals surface area contributed by atoms with E-state index in [0.29, 0.717) is 5.75 Å². The molecule has 0 aliphatic rings. The molecule has 1 aromatic carbocycles. The number of nitro groups is 1. The van der Waals surface area contributed by atoms with Gasteiger partial charge in [-0.1, -0.05) is 12.1 Å². The zero-order chi connectivity index (χ0) is 16.8. The monoisotopic (exact) mass is 348 g/mol. The van der Waals surface area contributed by atoms with E-state index in [1.807, 2.05) is 6.26 Å². The number of para-hydroxylation sites is 1. The van der Waals surface area contributed by atoms with Crippen LogP contribution < -0.4 is 4.72 Å². The third-order valence-electron chi connectivity index (χ3n) is 2.75. The first-order valence-corrected chi connectivity index (χ1v) is 9.03. The van der Waals surface area contributed by atoms with Crippen LogP contribution in [0.15, 0.2) is 29.2 Å². The number of carbonyl (C=O) groups is 1. The highest BCUT2D eigenvalue weighted by Gasteiger charge is 2.30. The first-order valence-electron chi connectivity index (χ1n) is 6.16. The number of nitrogens with zero attached hydrogens (tertiary/aromatic N) is 1. The average molecular weight is 348 g/mol. The van der Waals surface area contributed by atoms with Gasteiger partial charge in [0.15, 0.2) is 4.90 Å². The zero-order valence-electron chi connectivity index (χ0n) is 12.0. The van der Waals surface area contributed by atoms with Crippen LogP contribution in [0.1, 0.15) is 6.42 Å². The van der Waals surface area contributed by atoms with Gasteiger partial charge in [-0.05, 0) is 24.5 Å². The summed E-state index contributed by atoms with van der Waals surface area (Å²) in [5.74, 6) is -0.213. The second-order valence-electron chi connectivity index (χ2n) is 4.20. The van der Waals surface area contributed by atoms with Gasteiger partial charge in [0.2, 0.25) is 10.0 Å². The minimum atomic E-state index is -4.22. The lowest BCUT2D eigenvalue weighted by Gasteiger charge is -2.16. The predicted octanol–water partition coefficient (Wildman–Crippen LogP) is 1.17. The Morgan fingerprint density at radius 3 is 2.64 bits per heavy atom. The number of hydrogen-bond acceptors (Lipinski definition) is 7. The van der Waals surface area contributed by atoms with E-state index in [9.17, 15) is 23.3 Å². The SMILES string of the molecule is COC(=O)[C@H](CCSC)NS(=O)(=O)c1ccccc1[N+](=O)[O-]. The molecule has 8 nitrogen and oxygen atoms in total. The molecular weight excluding hydrogens is 332 g/mol. The van der Waals surface area contributed by atoms with E-state index in [-0.39, 0.29) is 6.42 Å². The molecule has 0 amide bonds. The molecule has 0 saturated heterocycles. The van der Waals surface area contributed by atoms with Crippen molar-refractivity contribution in [3.05, 3.63) is 34.4 Å². The van der Waals surface area contributed by atoms with E-state index < -0.39 is 37.5 Å². The zero-order valence-corrected chi connectivity index (χ0v) is 13.6. The molecule has 0 aromatic heterocycles. The molecule has 0 aliphatic carbocycles. The third kappa shape index (κ3) is 4.68. The van der Waals surface area contributed by atoms with Gasteiger partial charge in [-0.3, -0.25) is 14.9 Å². The maximum Gasteiger partial charge on any atom is 0.323 e. The number of ether oxygens (including phenoxy) is 1. The number of nitro benzene ring substituents is 1. The van der Waals surface area contributed by atoms with Gasteiger partial charge in [-0.2, -0.15) is 16.5 Å². The van der Waals surface area contributed by atoms with Crippen molar-refractivity contribution in [2.45, 2.75) is 17.4 Å². The molecule has 0 unspecified atom stereocenters. The Morgan fingerprint density at radius 2 is 2.09 bits per heavy atom. The van der Waals surface area contributed by atoms with Crippen molar-refractivity contribution in [1.82, 2.24) is 4.72 Å². The van der Waals surface area contributed by atoms with Crippen LogP contribution in [0.25, 0.3) is 0 Å². The Bertz CT molecular complexity index is 647. The van der Waals surface area contributed by atoms with Crippen LogP contribution in [0.3, 0.4) is 0 Å². The van der Waals surface area contributed by atoms with Gasteiger partial charge in [-0.25, -0.2) is 8.42 Å². The first kappa shape index (κ1) is 18.4. The van der Waals surface area contributed by atoms with Gasteiger partial charge >= 0.3 is 5.97 Å². The number of hydrogen-bond donors (Lipinski definition) is 1. The molecule has 10 heteroatoms. The number of thioether (sulfide) groups is 1. The Balaban J connectivity index is 3.12. The summed E-state index contributed by atoms with van der Waals surface area (Å²) in [4.78, 5) is 21.3. The average Bonchev–Trinajstić information content (AvgIpc) is 2.50. The van der Waals surface area contributed by atoms with E-state index >= 15 is 0 Å². The molecule has 0 spiro atoms. The van der Waals surface area contributed by atoms with Crippen molar-refractivity contribution in [1.29, 1.82) is 0 Å². The molecule has 1 atom stereocenters. The summed E-state index contributed by atoms with van der Waals surface area (Å²) in [5, 5.41) is 10.9. The number of rotatable bonds is 8. The van der Waals surface area contributed by atoms with Crippen LogP contribution in [0.2, 0.25) is 0 Å². The first-order chi connectivity index (χ1) is 10.3. The molecule has 0 radical (unpaired) electrons. The standard InChI is InChI=1S/C12H16N2O6S2/c1-20-12(15)9(7-8-21-2)13-22(18,19)11-6-4-3-5-10(11)14(16)17/h3-6,9,13H,7-8H2,1-2H3/t9-/m0/s1. The van der Waals surface area contributed by atoms with Crippen molar-refractivity contribution in [2.24, 2.45) is 0 Å². The molecule has 0 saturated carbocycles. The summed E-state index contributed by atoms with van der Waals surface area (Å²) in [5.41, 5.74) is -0.552. The van der Waals surface area contributed by atoms with Gasteiger partial charge in [0.25, 0.3) is 5.69 Å². The van der Waals surface area contributed by atoms with Gasteiger partial charge < -0.3 is 4.74 Å². The molecule has 0 aliphatic heterocycles. The summed E-state index contributed by atoms with van der Waals surface area (Å²) in [6, 6.07) is 3.84. The molecule has 1 aromatic rings. The van der Waals surface area contributed by atoms with E-state index in [4.69, 9.17) is 0 Å². The summed E-state index contributed by atoms with van der Waals surface area (Å²) in [6.07, 6.45) is 2.03. The van der Waals surface area contributed by atoms with E-state index in [1.165, 1.54) is 23.9 Å². The summed E-state index contributed by atoms with van der Waals surface area (Å²) in [6.45, 7) is 0. The fourth-order valence-corrected chi connectivity index (χ4v) is 3.55. The van der Waals surface area contributed by atoms with Crippen LogP contribution in [0.4, 0.5) is 5.69 Å². The minimum absolute atomic E-state index is 0.216. The highest BCUT2D eigenvalue weighted by molar-refractivity contribution is 7.98. The molecule has 122 valence electrons. The number of sulfonamides is 1. The molecule has 1 N–H and O–H groups in total. The molecule has 0 fully saturated rings. The topological polar surface area (TPSA) is 116 Å². The van der Waals surface area contributed by atoms with E-state index in [2.05, 4.69) is 9.46 Å². The fraction of sp³-hybridized carbons (Fsp3) is 0.417. The largest absolute Gasteiger partial charge is 0.468 e. The molecule has 1 rings (SSSR count). The second kappa shape index (κ2) is 8.11. The van der Waals surface area contributed by atoms with Gasteiger partial charge in [-0.15, -0.1) is 0 Å². The number of carbonyl (C=O) groups excluding carboxylic acids is 1. The lowest BCUT2D eigenvalue weighted by molar-refractivity contribution is -0.387. The molecule has 0 heterocycles. The number of benzene rings is 1. The summed E-state index contributed by atoms with van der Waals surface area (Å²) < 4.78 is 31.4. The van der Waals surface area contributed by atoms with Crippen LogP contribution in [-0.2, 0) is 19.6 Å². The Labute approximate surface area is 132 Å². The number of esters is 1. The Hall–Kier alpha value is -1.65. The van der Waals surface area contributed by atoms with Gasteiger partial charge in [0.1, 0.15) is 6.04 Å². The van der Waals surface area contributed by atoms with Crippen molar-refractivity contribution < 1.29 is 22.9 Å². The number of nitrogens with one attached hydrogen (secondary N) is 1. The van der Waals surface area contributed by atoms with Crippen LogP contribution in [0, 0.1) is 10.1 Å². The third-order valence-corrected chi connectivity index (χ3v) is 4.91. The van der Waals surface area contributed by atoms with Gasteiger partial charge in [0, 0.05) is 6.07 Å². The summed E-state index contributed by atoms with van der Waals surface area (Å²) in [7, 11) is -3.08. The lowest BCUT2D eigenvalue weighted by atomic mass is 10.2. The maximum atomic E-state index is 12.3. The Morgan fingerprint density at radius 1 is 1.45 bits per heavy atom. The molecule has 22 heavy (non-hydrogen) atoms. The smallest absolute Gasteiger partial charge is 0.323 e. The summed E-state index contributed by atoms with van der Waals surface area (Å²) >= 11 is 1.44. The second-order valence-corrected chi connectivity index (χ2v) is 6.87. The lowest BCUT2D eigenvalue weighted by Crippen LogP contribution is -2.42. The quantitative estimate of drug-likeness (QED) is 0.426. The maximum absolute atomic E-state index is 12.3. The minimum Gasteiger partial charge on any atom is -0.468 e. The normalized spacial score (nSPS) is 12.6. The van der Waals surface area contributed by atoms with Crippen molar-refractivity contribution in [3.8, 4) is 0 Å². The fourth-order valence-electron chi connectivity index (χ4n) is 1.69. The van der Waals surface area contributed by atoms with Crippen molar-refractivity contribution in [3.63, 3.8) is 0 Å². The van der Waals surface area contributed by atoms with Crippen molar-refractivity contribution >= 4 is 33.4 Å². The van der Waals surface area contributed by atoms with Crippen LogP contribution in [-0.4, -0.2) is 44.5 Å². The predicted molar refractivity (Wildman–Crippen MR) is 82.2 cm³/mol. The van der Waals surface area contributed by atoms with Gasteiger partial charge in [0.05, 0.1) is 12.0 Å². The Kier molecular flexibility index (Phi) is 6.78. The van der Waals surface area contributed by atoms with Crippen molar-refractivity contribution in [2.75, 3.05) is 19.1 Å². The molecule has 0 bridgehead atoms. The van der Waals surface area contributed by atoms with Crippen LogP contribution >= 0.6 is 11.8 Å². The number of methoxy groups -OCH3 is 1. The van der Waals surface area contributed by atoms with Crippen LogP contribution in [0.5, 0.6) is 0 Å². The van der Waals surface area contributed by atoms with E-state index in [1.54, 1.807) is 0 Å². The van der Waals surface area contributed by atoms with E-state index in [0.717, 1.165) is 19.2 Å². The highest BCUT2D eigenvalue weighted by atomic mass is 32.2.